The average molecular weight is 1810 g/mol. The monoisotopic (exact) mass is 1810 g/mol. The van der Waals surface area contributed by atoms with Crippen LogP contribution < -0.4 is 45.3 Å². The number of nitrogens with one attached hydrogen (secondary N) is 2. The number of aliphatic hydroxyl groups excluding tert-OH is 3. The number of anilines is 3. The number of carboxylic acid groups (broad SMARTS) is 1. The van der Waals surface area contributed by atoms with Crippen LogP contribution >= 0.6 is 83.1 Å². The van der Waals surface area contributed by atoms with E-state index >= 15 is 0 Å². The molecule has 9 atom stereocenters. The average Bonchev–Trinajstić information content (AvgIpc) is 1.72. The van der Waals surface area contributed by atoms with Crippen molar-refractivity contribution in [1.82, 2.24) is 40.0 Å². The Kier molecular flexibility index (Phi) is 39.9. The molecule has 9 aliphatic rings. The van der Waals surface area contributed by atoms with Gasteiger partial charge in [0.2, 0.25) is 11.8 Å². The highest BCUT2D eigenvalue weighted by Gasteiger charge is 2.37. The number of carbonyl (C=O) groups excluding carboxylic acids is 2. The van der Waals surface area contributed by atoms with Crippen LogP contribution in [-0.2, 0) is 14.4 Å². The highest BCUT2D eigenvalue weighted by Crippen LogP contribution is 2.38. The van der Waals surface area contributed by atoms with E-state index in [4.69, 9.17) is 94.7 Å². The number of benzene rings is 6. The van der Waals surface area contributed by atoms with Gasteiger partial charge in [-0.25, -0.2) is 0 Å². The molecule has 1 unspecified atom stereocenters. The molecule has 9 aliphatic heterocycles. The van der Waals surface area contributed by atoms with Gasteiger partial charge in [-0.1, -0.05) is 103 Å². The summed E-state index contributed by atoms with van der Waals surface area (Å²) in [5.74, 6) is 0.760. The Labute approximate surface area is 755 Å². The van der Waals surface area contributed by atoms with Gasteiger partial charge in [-0.05, 0) is 283 Å². The lowest BCUT2D eigenvalue weighted by Crippen LogP contribution is -2.48. The summed E-state index contributed by atoms with van der Waals surface area (Å²) in [6.45, 7) is 18.5. The zero-order chi connectivity index (χ0) is 83.4. The molecule has 8 N–H and O–H groups in total. The fraction of sp³-hybridized carbons (Fsp3) is 0.576. The van der Waals surface area contributed by atoms with Crippen LogP contribution in [0.5, 0.6) is 17.2 Å². The summed E-state index contributed by atoms with van der Waals surface area (Å²) in [6, 6.07) is 38.4. The van der Waals surface area contributed by atoms with Gasteiger partial charge < -0.3 is 95.1 Å². The predicted octanol–water partition coefficient (Wildman–Crippen LogP) is 15.1. The lowest BCUT2D eigenvalue weighted by Gasteiger charge is -2.31. The molecule has 0 aliphatic carbocycles. The van der Waals surface area contributed by atoms with Crippen LogP contribution in [-0.4, -0.2) is 263 Å². The maximum Gasteiger partial charge on any atom is 0.308 e. The first-order valence-electron chi connectivity index (χ1n) is 42.7. The number of carbonyl (C=O) groups is 3. The number of piperidine rings is 3. The van der Waals surface area contributed by atoms with Crippen molar-refractivity contribution in [3.05, 3.63) is 174 Å². The summed E-state index contributed by atoms with van der Waals surface area (Å²) in [4.78, 5) is 58.0. The quantitative estimate of drug-likeness (QED) is 0.0267. The molecule has 668 valence electrons. The molecule has 15 rings (SSSR count). The molecule has 2 amide bonds. The number of aliphatic hydroxyl groups is 3. The summed E-state index contributed by atoms with van der Waals surface area (Å²) in [7, 11) is 6.38. The summed E-state index contributed by atoms with van der Waals surface area (Å²) < 4.78 is 18.4. The van der Waals surface area contributed by atoms with Crippen molar-refractivity contribution in [2.75, 3.05) is 173 Å². The second kappa shape index (κ2) is 48.8. The molecular weight excluding hydrogens is 1680 g/mol. The summed E-state index contributed by atoms with van der Waals surface area (Å²) >= 11 is 37.5. The minimum Gasteiger partial charge on any atom is -0.489 e. The van der Waals surface area contributed by atoms with Crippen molar-refractivity contribution in [3.8, 4) is 17.2 Å². The van der Waals surface area contributed by atoms with Gasteiger partial charge in [0.25, 0.3) is 0 Å². The third-order valence-electron chi connectivity index (χ3n) is 24.8. The van der Waals surface area contributed by atoms with Crippen LogP contribution in [0, 0.1) is 17.8 Å². The first-order valence-corrected chi connectivity index (χ1v) is 44.9. The van der Waals surface area contributed by atoms with Crippen LogP contribution in [0.15, 0.2) is 127 Å². The van der Waals surface area contributed by atoms with Crippen LogP contribution in [0.3, 0.4) is 0 Å². The molecule has 22 nitrogen and oxygen atoms in total. The standard InChI is InChI=1S/2C30H40Cl2N4O3.C19H30ClN3O2.C11H12ClNO2.2CH4.H2S/c2*1-34-15-11-25(12-16-34)39-28-9-4-21(18-26(28)32)29(37)27(20-35-13-2-3-14-35)33-30(38)22-10-17-36(19-22)24-7-5-23(31)6-8-24;1-22-10-6-15(7-11-22)25-18-5-4-14(12-16(18)20)19(24)17(21)13-23-8-2-3-9-23;12-9-1-3-10(4-2-9)13-6-5-8(7-13)11(14)15;;;/h2*4-9,18,22,25,27,29,37H,2-3,10-17,19-20H2,1H3,(H,33,38);4-5,12,15,17,19,24H,2-3,6-11,13,21H2,1H3;1-4,8H,5-7H2,(H,14,15);2*1H4;1H2/t22-,27+,29+;22-,27-,29-;17-,19-;;;;/m011..../s1. The van der Waals surface area contributed by atoms with Crippen molar-refractivity contribution in [2.45, 2.75) is 166 Å². The molecule has 0 saturated carbocycles. The Balaban J connectivity index is 0.000000191. The van der Waals surface area contributed by atoms with Crippen LogP contribution in [0.1, 0.15) is 146 Å². The Morgan fingerprint density at radius 2 is 0.661 bits per heavy atom. The molecular formula is C92H132Cl6N12O10S. The minimum atomic E-state index is -0.877. The van der Waals surface area contributed by atoms with E-state index in [0.29, 0.717) is 97.8 Å². The third kappa shape index (κ3) is 29.4. The first kappa shape index (κ1) is 99.0. The number of nitrogens with zero attached hydrogens (tertiary/aromatic N) is 9. The number of ether oxygens (including phenoxy) is 3. The van der Waals surface area contributed by atoms with Crippen molar-refractivity contribution in [2.24, 2.45) is 23.5 Å². The Morgan fingerprint density at radius 3 is 0.942 bits per heavy atom. The summed E-state index contributed by atoms with van der Waals surface area (Å²) in [5.41, 5.74) is 11.5. The fourth-order valence-corrected chi connectivity index (χ4v) is 18.5. The fourth-order valence-electron chi connectivity index (χ4n) is 17.4. The normalized spacial score (nSPS) is 21.9. The number of nitrogens with two attached hydrogens (primary N) is 1. The van der Waals surface area contributed by atoms with Crippen molar-refractivity contribution in [3.63, 3.8) is 0 Å². The van der Waals surface area contributed by atoms with Gasteiger partial charge in [0.15, 0.2) is 0 Å². The van der Waals surface area contributed by atoms with Crippen LogP contribution in [0.25, 0.3) is 0 Å². The number of hydrogen-bond donors (Lipinski definition) is 7. The zero-order valence-electron chi connectivity index (χ0n) is 69.1. The van der Waals surface area contributed by atoms with E-state index < -0.39 is 36.4 Å². The van der Waals surface area contributed by atoms with E-state index in [0.717, 1.165) is 204 Å². The molecule has 9 fully saturated rings. The molecule has 9 saturated heterocycles. The number of halogens is 6. The number of likely N-dealkylation sites (tertiary alicyclic amines) is 6. The molecule has 0 spiro atoms. The third-order valence-corrected chi connectivity index (χ3v) is 26.4. The minimum absolute atomic E-state index is 0. The molecule has 6 aromatic carbocycles. The smallest absolute Gasteiger partial charge is 0.308 e. The van der Waals surface area contributed by atoms with Gasteiger partial charge in [-0.3, -0.25) is 14.4 Å². The van der Waals surface area contributed by atoms with Gasteiger partial charge in [0.05, 0.1) is 51.0 Å². The SMILES string of the molecule is C.C.CN1CCC(Oc2ccc([C@@H](O)[C@@H](CN3CCCC3)NC(=O)[C@@H]3CCN(c4ccc(Cl)cc4)C3)cc2Cl)CC1.CN1CCC(Oc2ccc([C@@H](O)[C@@H](CN3CCCC3)NC(=O)[C@H]3CCN(c4ccc(Cl)cc4)C3)cc2Cl)CC1.CN1CCC(Oc2ccc([C@@H](O)[C@H](N)CN3CCCC3)cc2Cl)CC1.O=C(O)C1CCN(c2ccc(Cl)cc2)C1.S. The van der Waals surface area contributed by atoms with Gasteiger partial charge in [0.1, 0.15) is 47.8 Å². The summed E-state index contributed by atoms with van der Waals surface area (Å²) in [6.07, 6.45) is 13.2. The van der Waals surface area contributed by atoms with E-state index in [2.05, 4.69) is 75.9 Å². The Morgan fingerprint density at radius 1 is 0.388 bits per heavy atom. The molecule has 121 heavy (non-hydrogen) atoms. The van der Waals surface area contributed by atoms with Crippen molar-refractivity contribution >= 4 is 118 Å². The van der Waals surface area contributed by atoms with E-state index in [1.54, 1.807) is 18.2 Å². The van der Waals surface area contributed by atoms with Crippen molar-refractivity contribution < 1.29 is 49.0 Å². The van der Waals surface area contributed by atoms with E-state index in [-0.39, 0.29) is 82.3 Å². The maximum absolute atomic E-state index is 13.4. The lowest BCUT2D eigenvalue weighted by molar-refractivity contribution is -0.141. The second-order valence-corrected chi connectivity index (χ2v) is 36.3. The van der Waals surface area contributed by atoms with Gasteiger partial charge in [0, 0.05) is 136 Å². The number of carboxylic acids is 1. The number of hydrogen-bond acceptors (Lipinski definition) is 19. The molecule has 9 heterocycles. The Hall–Kier alpha value is -5.78. The van der Waals surface area contributed by atoms with Crippen LogP contribution in [0.4, 0.5) is 17.1 Å². The maximum atomic E-state index is 13.4. The topological polar surface area (TPSA) is 239 Å². The lowest BCUT2D eigenvalue weighted by atomic mass is 9.99. The van der Waals surface area contributed by atoms with E-state index in [9.17, 15) is 29.7 Å². The highest BCUT2D eigenvalue weighted by atomic mass is 35.5. The van der Waals surface area contributed by atoms with Gasteiger partial charge >= 0.3 is 5.97 Å². The summed E-state index contributed by atoms with van der Waals surface area (Å²) in [5, 5.41) is 52.5. The van der Waals surface area contributed by atoms with Gasteiger partial charge in [-0.2, -0.15) is 13.5 Å². The molecule has 29 heteroatoms. The number of aliphatic carboxylic acids is 1. The molecule has 0 radical (unpaired) electrons. The zero-order valence-corrected chi connectivity index (χ0v) is 74.7. The van der Waals surface area contributed by atoms with Crippen molar-refractivity contribution in [1.29, 1.82) is 0 Å². The molecule has 6 aromatic rings. The molecule has 0 bridgehead atoms. The second-order valence-electron chi connectivity index (χ2n) is 33.7. The molecule has 0 aromatic heterocycles. The van der Waals surface area contributed by atoms with Gasteiger partial charge in [-0.15, -0.1) is 0 Å². The van der Waals surface area contributed by atoms with E-state index in [1.807, 2.05) is 109 Å². The number of rotatable bonds is 26. The van der Waals surface area contributed by atoms with E-state index in [1.165, 1.54) is 12.8 Å². The highest BCUT2D eigenvalue weighted by molar-refractivity contribution is 7.59. The Bertz CT molecular complexity index is 3960. The number of amides is 2. The largest absolute Gasteiger partial charge is 0.489 e. The van der Waals surface area contributed by atoms with Crippen LogP contribution in [0.2, 0.25) is 30.1 Å². The first-order chi connectivity index (χ1) is 56.9. The predicted molar refractivity (Wildman–Crippen MR) is 498 cm³/mol.